The lowest BCUT2D eigenvalue weighted by molar-refractivity contribution is 0.347. The second-order valence-electron chi connectivity index (χ2n) is 4.60. The summed E-state index contributed by atoms with van der Waals surface area (Å²) in [4.78, 5) is 0. The van der Waals surface area contributed by atoms with Crippen molar-refractivity contribution in [2.75, 3.05) is 0 Å². The molecule has 3 atom stereocenters. The van der Waals surface area contributed by atoms with Crippen molar-refractivity contribution in [3.8, 4) is 0 Å². The van der Waals surface area contributed by atoms with Gasteiger partial charge >= 0.3 is 0 Å². The molecule has 2 N–H and O–H groups in total. The Hall–Kier alpha value is -0.390. The lowest BCUT2D eigenvalue weighted by Crippen LogP contribution is -2.44. The third-order valence-corrected chi connectivity index (χ3v) is 6.96. The van der Waals surface area contributed by atoms with E-state index in [-0.39, 0.29) is 6.04 Å². The summed E-state index contributed by atoms with van der Waals surface area (Å²) in [6.07, 6.45) is 2.55. The molecule has 1 aliphatic carbocycles. The monoisotopic (exact) mass is 259 g/mol. The molecule has 3 nitrogen and oxygen atoms in total. The molecular formula is C11H17NO2S2. The Bertz CT molecular complexity index is 439. The van der Waals surface area contributed by atoms with Crippen molar-refractivity contribution in [1.29, 1.82) is 0 Å². The molecule has 1 aliphatic rings. The molecule has 1 heterocycles. The van der Waals surface area contributed by atoms with E-state index in [1.807, 2.05) is 0 Å². The standard InChI is InChI=1S/C11H17NO2S2/c1-8-4-5-9(12)10(7-8)16(13,14)11-3-2-6-15-11/h2-3,6,8-10H,4-5,7,12H2,1H3. The molecule has 3 unspecified atom stereocenters. The minimum absolute atomic E-state index is 0.205. The summed E-state index contributed by atoms with van der Waals surface area (Å²) in [6, 6.07) is 3.24. The van der Waals surface area contributed by atoms with E-state index < -0.39 is 15.1 Å². The Balaban J connectivity index is 2.29. The van der Waals surface area contributed by atoms with Crippen molar-refractivity contribution in [1.82, 2.24) is 0 Å². The van der Waals surface area contributed by atoms with E-state index in [1.165, 1.54) is 11.3 Å². The molecule has 0 amide bonds. The second-order valence-corrected chi connectivity index (χ2v) is 7.94. The Labute approximate surface area is 101 Å². The van der Waals surface area contributed by atoms with Gasteiger partial charge in [-0.05, 0) is 36.6 Å². The minimum Gasteiger partial charge on any atom is -0.327 e. The molecule has 1 fully saturated rings. The zero-order valence-corrected chi connectivity index (χ0v) is 10.9. The summed E-state index contributed by atoms with van der Waals surface area (Å²) in [7, 11) is -3.21. The van der Waals surface area contributed by atoms with Crippen LogP contribution in [0.15, 0.2) is 21.7 Å². The van der Waals surface area contributed by atoms with Gasteiger partial charge in [-0.15, -0.1) is 11.3 Å². The lowest BCUT2D eigenvalue weighted by atomic mass is 9.87. The third-order valence-electron chi connectivity index (χ3n) is 3.28. The summed E-state index contributed by atoms with van der Waals surface area (Å²) in [5.41, 5.74) is 5.96. The van der Waals surface area contributed by atoms with E-state index in [2.05, 4.69) is 6.92 Å². The van der Waals surface area contributed by atoms with Crippen LogP contribution in [0.25, 0.3) is 0 Å². The quantitative estimate of drug-likeness (QED) is 0.884. The van der Waals surface area contributed by atoms with Crippen LogP contribution in [0.1, 0.15) is 26.2 Å². The van der Waals surface area contributed by atoms with Crippen LogP contribution >= 0.6 is 11.3 Å². The summed E-state index contributed by atoms with van der Waals surface area (Å²) in [6.45, 7) is 2.10. The largest absolute Gasteiger partial charge is 0.327 e. The molecule has 5 heteroatoms. The smallest absolute Gasteiger partial charge is 0.192 e. The van der Waals surface area contributed by atoms with Gasteiger partial charge in [0.05, 0.1) is 5.25 Å². The van der Waals surface area contributed by atoms with Crippen LogP contribution in [0, 0.1) is 5.92 Å². The van der Waals surface area contributed by atoms with Gasteiger partial charge in [0, 0.05) is 6.04 Å². The molecule has 0 spiro atoms. The first-order valence-electron chi connectivity index (χ1n) is 5.55. The maximum absolute atomic E-state index is 12.3. The SMILES string of the molecule is CC1CCC(N)C(S(=O)(=O)c2cccs2)C1. The number of rotatable bonds is 2. The average molecular weight is 259 g/mol. The van der Waals surface area contributed by atoms with Gasteiger partial charge in [0.15, 0.2) is 9.84 Å². The van der Waals surface area contributed by atoms with Gasteiger partial charge in [0.25, 0.3) is 0 Å². The molecule has 2 rings (SSSR count). The maximum Gasteiger partial charge on any atom is 0.192 e. The summed E-state index contributed by atoms with van der Waals surface area (Å²) < 4.78 is 25.1. The molecule has 0 aromatic carbocycles. The molecule has 0 bridgehead atoms. The topological polar surface area (TPSA) is 60.2 Å². The Morgan fingerprint density at radius 3 is 2.81 bits per heavy atom. The van der Waals surface area contributed by atoms with E-state index in [1.54, 1.807) is 17.5 Å². The summed E-state index contributed by atoms with van der Waals surface area (Å²) in [5.74, 6) is 0.458. The first-order valence-corrected chi connectivity index (χ1v) is 7.97. The van der Waals surface area contributed by atoms with Gasteiger partial charge in [0.1, 0.15) is 4.21 Å². The van der Waals surface area contributed by atoms with Crippen LogP contribution < -0.4 is 5.73 Å². The van der Waals surface area contributed by atoms with E-state index in [9.17, 15) is 8.42 Å². The molecule has 1 aromatic rings. The van der Waals surface area contributed by atoms with Gasteiger partial charge in [-0.2, -0.15) is 0 Å². The van der Waals surface area contributed by atoms with Gasteiger partial charge in [-0.25, -0.2) is 8.42 Å². The number of thiophene rings is 1. The Morgan fingerprint density at radius 1 is 1.44 bits per heavy atom. The molecule has 1 saturated carbocycles. The van der Waals surface area contributed by atoms with Crippen molar-refractivity contribution >= 4 is 21.2 Å². The van der Waals surface area contributed by atoms with Gasteiger partial charge in [-0.1, -0.05) is 13.0 Å². The van der Waals surface area contributed by atoms with Gasteiger partial charge < -0.3 is 5.73 Å². The molecule has 0 aliphatic heterocycles. The van der Waals surface area contributed by atoms with Crippen LogP contribution in [-0.4, -0.2) is 19.7 Å². The number of sulfone groups is 1. The van der Waals surface area contributed by atoms with E-state index in [0.29, 0.717) is 16.5 Å². The van der Waals surface area contributed by atoms with Crippen LogP contribution in [0.4, 0.5) is 0 Å². The second kappa shape index (κ2) is 4.47. The highest BCUT2D eigenvalue weighted by Gasteiger charge is 2.37. The number of hydrogen-bond donors (Lipinski definition) is 1. The van der Waals surface area contributed by atoms with Crippen LogP contribution in [0.2, 0.25) is 0 Å². The first kappa shape index (κ1) is 12.1. The molecule has 90 valence electrons. The molecular weight excluding hydrogens is 242 g/mol. The number of hydrogen-bond acceptors (Lipinski definition) is 4. The van der Waals surface area contributed by atoms with Crippen molar-refractivity contribution in [3.63, 3.8) is 0 Å². The molecule has 0 saturated heterocycles. The van der Waals surface area contributed by atoms with Crippen LogP contribution in [-0.2, 0) is 9.84 Å². The Kier molecular flexibility index (Phi) is 3.37. The summed E-state index contributed by atoms with van der Waals surface area (Å²) in [5, 5.41) is 1.40. The average Bonchev–Trinajstić information content (AvgIpc) is 2.75. The lowest BCUT2D eigenvalue weighted by Gasteiger charge is -2.31. The predicted octanol–water partition coefficient (Wildman–Crippen LogP) is 2.04. The number of nitrogens with two attached hydrogens (primary N) is 1. The van der Waals surface area contributed by atoms with Crippen molar-refractivity contribution in [2.24, 2.45) is 11.7 Å². The highest BCUT2D eigenvalue weighted by Crippen LogP contribution is 2.32. The zero-order chi connectivity index (χ0) is 11.8. The van der Waals surface area contributed by atoms with Gasteiger partial charge in [-0.3, -0.25) is 0 Å². The van der Waals surface area contributed by atoms with E-state index >= 15 is 0 Å². The Morgan fingerprint density at radius 2 is 2.19 bits per heavy atom. The van der Waals surface area contributed by atoms with Crippen molar-refractivity contribution < 1.29 is 8.42 Å². The zero-order valence-electron chi connectivity index (χ0n) is 9.30. The van der Waals surface area contributed by atoms with Crippen molar-refractivity contribution in [3.05, 3.63) is 17.5 Å². The van der Waals surface area contributed by atoms with E-state index in [4.69, 9.17) is 5.73 Å². The van der Waals surface area contributed by atoms with Crippen molar-refractivity contribution in [2.45, 2.75) is 41.7 Å². The fourth-order valence-corrected chi connectivity index (χ4v) is 5.55. The van der Waals surface area contributed by atoms with E-state index in [0.717, 1.165) is 12.8 Å². The normalized spacial score (nSPS) is 31.5. The molecule has 1 aromatic heterocycles. The van der Waals surface area contributed by atoms with Gasteiger partial charge in [0.2, 0.25) is 0 Å². The first-order chi connectivity index (χ1) is 7.51. The minimum atomic E-state index is -3.21. The maximum atomic E-state index is 12.3. The van der Waals surface area contributed by atoms with Crippen LogP contribution in [0.5, 0.6) is 0 Å². The molecule has 0 radical (unpaired) electrons. The highest BCUT2D eigenvalue weighted by molar-refractivity contribution is 7.94. The predicted molar refractivity (Wildman–Crippen MR) is 66.3 cm³/mol. The third kappa shape index (κ3) is 2.17. The van der Waals surface area contributed by atoms with Crippen LogP contribution in [0.3, 0.4) is 0 Å². The fourth-order valence-electron chi connectivity index (χ4n) is 2.28. The fraction of sp³-hybridized carbons (Fsp3) is 0.636. The summed E-state index contributed by atoms with van der Waals surface area (Å²) >= 11 is 1.28. The highest BCUT2D eigenvalue weighted by atomic mass is 32.2. The molecule has 16 heavy (non-hydrogen) atoms.